The van der Waals surface area contributed by atoms with E-state index in [4.69, 9.17) is 0 Å². The maximum Gasteiger partial charge on any atom is 0.133 e. The van der Waals surface area contributed by atoms with Crippen molar-refractivity contribution in [1.29, 1.82) is 0 Å². The largest absolute Gasteiger partial charge is 0.300 e. The summed E-state index contributed by atoms with van der Waals surface area (Å²) in [5, 5.41) is 0. The quantitative estimate of drug-likeness (QED) is 0.458. The van der Waals surface area contributed by atoms with Gasteiger partial charge in [-0.2, -0.15) is 0 Å². The van der Waals surface area contributed by atoms with Crippen molar-refractivity contribution in [2.24, 2.45) is 58.2 Å². The zero-order valence-corrected chi connectivity index (χ0v) is 20.3. The van der Waals surface area contributed by atoms with Crippen molar-refractivity contribution in [2.75, 3.05) is 0 Å². The fourth-order valence-corrected chi connectivity index (χ4v) is 9.08. The smallest absolute Gasteiger partial charge is 0.133 e. The van der Waals surface area contributed by atoms with Gasteiger partial charge in [0.25, 0.3) is 0 Å². The molecule has 0 aromatic heterocycles. The van der Waals surface area contributed by atoms with Crippen molar-refractivity contribution in [3.63, 3.8) is 0 Å². The Hall–Kier alpha value is -0.330. The molecular weight excluding hydrogens is 352 g/mol. The third-order valence-corrected chi connectivity index (χ3v) is 11.5. The summed E-state index contributed by atoms with van der Waals surface area (Å²) in [6.07, 6.45) is 14.4. The van der Waals surface area contributed by atoms with E-state index in [1.54, 1.807) is 0 Å². The Labute approximate surface area is 181 Å². The van der Waals surface area contributed by atoms with Gasteiger partial charge >= 0.3 is 0 Å². The molecule has 0 saturated heterocycles. The first-order valence-corrected chi connectivity index (χ1v) is 13.2. The Balaban J connectivity index is 1.46. The van der Waals surface area contributed by atoms with Crippen molar-refractivity contribution >= 4 is 5.78 Å². The van der Waals surface area contributed by atoms with E-state index < -0.39 is 0 Å². The first-order chi connectivity index (χ1) is 13.7. The maximum atomic E-state index is 12.1. The van der Waals surface area contributed by atoms with Crippen LogP contribution in [0.3, 0.4) is 0 Å². The van der Waals surface area contributed by atoms with Gasteiger partial charge in [-0.1, -0.05) is 54.4 Å². The summed E-state index contributed by atoms with van der Waals surface area (Å²) in [7, 11) is 0. The van der Waals surface area contributed by atoms with E-state index in [1.165, 1.54) is 57.8 Å². The van der Waals surface area contributed by atoms with Crippen molar-refractivity contribution in [3.8, 4) is 0 Å². The number of ketones is 1. The third-order valence-electron chi connectivity index (χ3n) is 11.5. The predicted molar refractivity (Wildman–Crippen MR) is 123 cm³/mol. The number of carbonyl (C=O) groups is 1. The molecule has 4 saturated carbocycles. The minimum Gasteiger partial charge on any atom is -0.300 e. The zero-order chi connectivity index (χ0) is 21.0. The van der Waals surface area contributed by atoms with Crippen molar-refractivity contribution in [2.45, 2.75) is 112 Å². The predicted octanol–water partition coefficient (Wildman–Crippen LogP) is 7.92. The van der Waals surface area contributed by atoms with E-state index in [9.17, 15) is 4.79 Å². The number of hydrogen-bond acceptors (Lipinski definition) is 1. The van der Waals surface area contributed by atoms with Gasteiger partial charge in [-0.05, 0) is 103 Å². The molecule has 4 aliphatic carbocycles. The molecule has 0 N–H and O–H groups in total. The molecule has 0 radical (unpaired) electrons. The Morgan fingerprint density at radius 1 is 0.862 bits per heavy atom. The van der Waals surface area contributed by atoms with Gasteiger partial charge < -0.3 is 0 Å². The molecular formula is C28H48O. The SMILES string of the molecule is CC(C)[C@@H](C)CC[C@@H](C)[C@@H]1CC[C@@H]2[C@@H]3CC[C@H]4CC(=O)CC[C@]4(C)[C@@H]3CC[C@@]21C. The molecule has 0 bridgehead atoms. The summed E-state index contributed by atoms with van der Waals surface area (Å²) < 4.78 is 0. The second kappa shape index (κ2) is 7.98. The van der Waals surface area contributed by atoms with E-state index >= 15 is 0 Å². The number of hydrogen-bond donors (Lipinski definition) is 0. The lowest BCUT2D eigenvalue weighted by molar-refractivity contribution is -0.140. The molecule has 0 aromatic rings. The van der Waals surface area contributed by atoms with Gasteiger partial charge in [0.2, 0.25) is 0 Å². The summed E-state index contributed by atoms with van der Waals surface area (Å²) in [5.74, 6) is 7.60. The van der Waals surface area contributed by atoms with Crippen LogP contribution >= 0.6 is 0 Å². The molecule has 4 rings (SSSR count). The normalized spacial score (nSPS) is 46.7. The fraction of sp³-hybridized carbons (Fsp3) is 0.964. The third kappa shape index (κ3) is 3.65. The maximum absolute atomic E-state index is 12.1. The van der Waals surface area contributed by atoms with Crippen LogP contribution in [0.4, 0.5) is 0 Å². The zero-order valence-electron chi connectivity index (χ0n) is 20.3. The molecule has 0 spiro atoms. The molecule has 4 aliphatic rings. The van der Waals surface area contributed by atoms with Gasteiger partial charge in [-0.25, -0.2) is 0 Å². The van der Waals surface area contributed by atoms with Gasteiger partial charge in [-0.15, -0.1) is 0 Å². The number of carbonyl (C=O) groups excluding carboxylic acids is 1. The van der Waals surface area contributed by atoms with E-state index in [2.05, 4.69) is 41.5 Å². The average molecular weight is 401 g/mol. The average Bonchev–Trinajstić information content (AvgIpc) is 3.03. The molecule has 0 aromatic carbocycles. The monoisotopic (exact) mass is 400 g/mol. The summed E-state index contributed by atoms with van der Waals surface area (Å²) >= 11 is 0. The highest BCUT2D eigenvalue weighted by atomic mass is 16.1. The lowest BCUT2D eigenvalue weighted by Crippen LogP contribution is -2.53. The molecule has 9 atom stereocenters. The van der Waals surface area contributed by atoms with Crippen LogP contribution in [0, 0.1) is 58.2 Å². The van der Waals surface area contributed by atoms with Crippen molar-refractivity contribution in [3.05, 3.63) is 0 Å². The molecule has 0 aliphatic heterocycles. The van der Waals surface area contributed by atoms with Crippen molar-refractivity contribution in [1.82, 2.24) is 0 Å². The van der Waals surface area contributed by atoms with E-state index in [1.807, 2.05) is 0 Å². The molecule has 4 fully saturated rings. The van der Waals surface area contributed by atoms with E-state index in [-0.39, 0.29) is 0 Å². The Morgan fingerprint density at radius 3 is 2.31 bits per heavy atom. The molecule has 1 heteroatoms. The lowest BCUT2D eigenvalue weighted by Gasteiger charge is -2.60. The molecule has 0 amide bonds. The highest BCUT2D eigenvalue weighted by Gasteiger charge is 2.60. The first kappa shape index (κ1) is 21.9. The van der Waals surface area contributed by atoms with Gasteiger partial charge in [0.1, 0.15) is 5.78 Å². The summed E-state index contributed by atoms with van der Waals surface area (Å²) in [4.78, 5) is 12.1. The highest BCUT2D eigenvalue weighted by Crippen LogP contribution is 2.68. The fourth-order valence-electron chi connectivity index (χ4n) is 9.08. The number of Topliss-reactive ketones (excluding diaryl/α,β-unsaturated/α-hetero) is 1. The Morgan fingerprint density at radius 2 is 1.59 bits per heavy atom. The van der Waals surface area contributed by atoms with Crippen molar-refractivity contribution < 1.29 is 4.79 Å². The van der Waals surface area contributed by atoms with Crippen LogP contribution in [0.2, 0.25) is 0 Å². The van der Waals surface area contributed by atoms with Gasteiger partial charge in [-0.3, -0.25) is 4.79 Å². The molecule has 0 heterocycles. The van der Waals surface area contributed by atoms with Crippen LogP contribution in [-0.4, -0.2) is 5.78 Å². The van der Waals surface area contributed by atoms with Crippen LogP contribution < -0.4 is 0 Å². The minimum atomic E-state index is 0.467. The first-order valence-electron chi connectivity index (χ1n) is 13.2. The number of rotatable bonds is 5. The highest BCUT2D eigenvalue weighted by molar-refractivity contribution is 5.79. The molecule has 0 unspecified atom stereocenters. The Kier molecular flexibility index (Phi) is 6.02. The minimum absolute atomic E-state index is 0.467. The molecule has 1 nitrogen and oxygen atoms in total. The van der Waals surface area contributed by atoms with E-state index in [0.717, 1.165) is 54.3 Å². The van der Waals surface area contributed by atoms with Gasteiger partial charge in [0, 0.05) is 12.8 Å². The van der Waals surface area contributed by atoms with Gasteiger partial charge in [0.05, 0.1) is 0 Å². The number of fused-ring (bicyclic) bond motifs is 5. The van der Waals surface area contributed by atoms with Gasteiger partial charge in [0.15, 0.2) is 0 Å². The summed E-state index contributed by atoms with van der Waals surface area (Å²) in [6, 6.07) is 0. The van der Waals surface area contributed by atoms with E-state index in [0.29, 0.717) is 22.5 Å². The molecule has 29 heavy (non-hydrogen) atoms. The van der Waals surface area contributed by atoms with Crippen LogP contribution in [0.15, 0.2) is 0 Å². The standard InChI is InChI=1S/C28H48O/c1-18(2)19(3)7-8-20(4)24-11-12-25-23-10-9-21-17-22(29)13-15-27(21,5)26(23)14-16-28(24,25)6/h18-21,23-26H,7-17H2,1-6H3/t19-,20+,21-,23-,24-,25+,26+,27-,28+/m0/s1. The van der Waals surface area contributed by atoms with Crippen LogP contribution in [-0.2, 0) is 4.79 Å². The second-order valence-corrected chi connectivity index (χ2v) is 12.9. The second-order valence-electron chi connectivity index (χ2n) is 12.9. The van der Waals surface area contributed by atoms with Crippen LogP contribution in [0.1, 0.15) is 112 Å². The van der Waals surface area contributed by atoms with Crippen LogP contribution in [0.25, 0.3) is 0 Å². The topological polar surface area (TPSA) is 17.1 Å². The lowest BCUT2D eigenvalue weighted by atomic mass is 9.44. The van der Waals surface area contributed by atoms with Crippen LogP contribution in [0.5, 0.6) is 0 Å². The molecule has 166 valence electrons. The summed E-state index contributed by atoms with van der Waals surface area (Å²) in [6.45, 7) is 15.1. The Bertz CT molecular complexity index is 607. The summed E-state index contributed by atoms with van der Waals surface area (Å²) in [5.41, 5.74) is 1.06.